The fourth-order valence-electron chi connectivity index (χ4n) is 2.29. The van der Waals surface area contributed by atoms with E-state index in [0.717, 1.165) is 5.56 Å². The van der Waals surface area contributed by atoms with Crippen molar-refractivity contribution < 1.29 is 14.3 Å². The number of hydrazine groups is 1. The van der Waals surface area contributed by atoms with Crippen LogP contribution in [0.2, 0.25) is 0 Å². The number of nitrogens with zero attached hydrogens (tertiary/aromatic N) is 1. The molecule has 0 atom stereocenters. The number of hydrogen-bond donors (Lipinski definition) is 2. The highest BCUT2D eigenvalue weighted by Crippen LogP contribution is 2.24. The molecule has 6 heteroatoms. The summed E-state index contributed by atoms with van der Waals surface area (Å²) in [5.41, 5.74) is 6.23. The van der Waals surface area contributed by atoms with Crippen LogP contribution >= 0.6 is 0 Å². The number of carbonyl (C=O) groups excluding carboxylic acids is 2. The lowest BCUT2D eigenvalue weighted by molar-refractivity contribution is -0.128. The normalized spacial score (nSPS) is 11.3. The van der Waals surface area contributed by atoms with Crippen molar-refractivity contribution in [3.05, 3.63) is 71.3 Å². The molecule has 0 bridgehead atoms. The van der Waals surface area contributed by atoms with Gasteiger partial charge in [-0.25, -0.2) is 0 Å². The standard InChI is InChI=1S/C22H23N3O3/c1-22(2,3)18-9-11-19(12-10-18)28-15-20(26)24-25-21(27)17(14-23)13-16-7-5-4-6-8-16/h4-13H,15H2,1-3H3,(H,24,26)(H,25,27). The Bertz CT molecular complexity index is 889. The van der Waals surface area contributed by atoms with Gasteiger partial charge >= 0.3 is 0 Å². The lowest BCUT2D eigenvalue weighted by Gasteiger charge is -2.19. The molecule has 0 aromatic heterocycles. The first-order valence-electron chi connectivity index (χ1n) is 8.79. The number of hydrogen-bond acceptors (Lipinski definition) is 4. The zero-order valence-corrected chi connectivity index (χ0v) is 16.2. The number of benzene rings is 2. The van der Waals surface area contributed by atoms with Gasteiger partial charge in [0.2, 0.25) is 0 Å². The molecule has 0 fully saturated rings. The van der Waals surface area contributed by atoms with E-state index in [-0.39, 0.29) is 17.6 Å². The quantitative estimate of drug-likeness (QED) is 0.476. The van der Waals surface area contributed by atoms with Crippen LogP contribution in [0.1, 0.15) is 31.9 Å². The molecule has 144 valence electrons. The van der Waals surface area contributed by atoms with Crippen molar-refractivity contribution in [3.63, 3.8) is 0 Å². The molecule has 2 amide bonds. The average molecular weight is 377 g/mol. The highest BCUT2D eigenvalue weighted by molar-refractivity contribution is 6.02. The lowest BCUT2D eigenvalue weighted by atomic mass is 9.87. The van der Waals surface area contributed by atoms with E-state index < -0.39 is 11.8 Å². The molecule has 28 heavy (non-hydrogen) atoms. The molecule has 0 aliphatic carbocycles. The van der Waals surface area contributed by atoms with E-state index in [0.29, 0.717) is 11.3 Å². The maximum Gasteiger partial charge on any atom is 0.280 e. The fourth-order valence-corrected chi connectivity index (χ4v) is 2.29. The Hall–Kier alpha value is -3.59. The topological polar surface area (TPSA) is 91.2 Å². The Balaban J connectivity index is 1.84. The summed E-state index contributed by atoms with van der Waals surface area (Å²) < 4.78 is 5.41. The van der Waals surface area contributed by atoms with Crippen LogP contribution < -0.4 is 15.6 Å². The summed E-state index contributed by atoms with van der Waals surface area (Å²) in [6.45, 7) is 6.07. The van der Waals surface area contributed by atoms with Gasteiger partial charge in [-0.3, -0.25) is 20.4 Å². The van der Waals surface area contributed by atoms with Crippen LogP contribution in [0.3, 0.4) is 0 Å². The SMILES string of the molecule is CC(C)(C)c1ccc(OCC(=O)NNC(=O)C(C#N)=Cc2ccccc2)cc1. The van der Waals surface area contributed by atoms with Crippen LogP contribution in [0.5, 0.6) is 5.75 Å². The van der Waals surface area contributed by atoms with Gasteiger partial charge in [0.1, 0.15) is 17.4 Å². The van der Waals surface area contributed by atoms with Crippen LogP contribution in [-0.4, -0.2) is 18.4 Å². The minimum absolute atomic E-state index is 0.0336. The Labute approximate surface area is 164 Å². The predicted molar refractivity (Wildman–Crippen MR) is 107 cm³/mol. The molecule has 0 unspecified atom stereocenters. The van der Waals surface area contributed by atoms with Gasteiger partial charge in [-0.05, 0) is 34.8 Å². The van der Waals surface area contributed by atoms with Crippen molar-refractivity contribution in [2.75, 3.05) is 6.61 Å². The van der Waals surface area contributed by atoms with Crippen LogP contribution in [0.15, 0.2) is 60.2 Å². The Morgan fingerprint density at radius 1 is 1.04 bits per heavy atom. The van der Waals surface area contributed by atoms with Crippen molar-refractivity contribution in [2.24, 2.45) is 0 Å². The Morgan fingerprint density at radius 2 is 1.68 bits per heavy atom. The summed E-state index contributed by atoms with van der Waals surface area (Å²) in [5.74, 6) is -0.685. The van der Waals surface area contributed by atoms with Gasteiger partial charge in [-0.1, -0.05) is 63.2 Å². The summed E-state index contributed by atoms with van der Waals surface area (Å²) >= 11 is 0. The van der Waals surface area contributed by atoms with Crippen LogP contribution in [0.4, 0.5) is 0 Å². The smallest absolute Gasteiger partial charge is 0.280 e. The van der Waals surface area contributed by atoms with Gasteiger partial charge in [0.25, 0.3) is 11.8 Å². The van der Waals surface area contributed by atoms with Crippen molar-refractivity contribution in [3.8, 4) is 11.8 Å². The lowest BCUT2D eigenvalue weighted by Crippen LogP contribution is -2.44. The van der Waals surface area contributed by atoms with E-state index in [2.05, 4.69) is 31.6 Å². The number of nitrogens with one attached hydrogen (secondary N) is 2. The van der Waals surface area contributed by atoms with Gasteiger partial charge in [0.05, 0.1) is 0 Å². The largest absolute Gasteiger partial charge is 0.484 e. The van der Waals surface area contributed by atoms with E-state index in [1.165, 1.54) is 6.08 Å². The number of rotatable bonds is 5. The summed E-state index contributed by atoms with van der Waals surface area (Å²) in [4.78, 5) is 23.9. The molecule has 0 aliphatic heterocycles. The number of nitriles is 1. The maximum atomic E-state index is 12.0. The van der Waals surface area contributed by atoms with E-state index in [1.54, 1.807) is 36.4 Å². The third kappa shape index (κ3) is 6.29. The van der Waals surface area contributed by atoms with Crippen molar-refractivity contribution >= 4 is 17.9 Å². The summed E-state index contributed by atoms with van der Waals surface area (Å²) in [5, 5.41) is 9.14. The zero-order chi connectivity index (χ0) is 20.6. The average Bonchev–Trinajstić information content (AvgIpc) is 2.69. The first kappa shape index (κ1) is 20.7. The summed E-state index contributed by atoms with van der Waals surface area (Å²) in [7, 11) is 0. The molecule has 0 heterocycles. The van der Waals surface area contributed by atoms with Crippen molar-refractivity contribution in [1.82, 2.24) is 10.9 Å². The van der Waals surface area contributed by atoms with Crippen molar-refractivity contribution in [1.29, 1.82) is 5.26 Å². The molecule has 2 aromatic carbocycles. The van der Waals surface area contributed by atoms with E-state index in [4.69, 9.17) is 10.00 Å². The number of amides is 2. The summed E-state index contributed by atoms with van der Waals surface area (Å²) in [6.07, 6.45) is 1.44. The molecule has 2 aromatic rings. The molecule has 6 nitrogen and oxygen atoms in total. The second-order valence-corrected chi connectivity index (χ2v) is 7.15. The molecular formula is C22H23N3O3. The molecule has 0 spiro atoms. The molecule has 2 rings (SSSR count). The highest BCUT2D eigenvalue weighted by Gasteiger charge is 2.14. The number of ether oxygens (including phenoxy) is 1. The van der Waals surface area contributed by atoms with Crippen LogP contribution in [0, 0.1) is 11.3 Å². The van der Waals surface area contributed by atoms with Crippen LogP contribution in [0.25, 0.3) is 6.08 Å². The summed E-state index contributed by atoms with van der Waals surface area (Å²) in [6, 6.07) is 18.3. The minimum Gasteiger partial charge on any atom is -0.484 e. The molecule has 0 saturated heterocycles. The second kappa shape index (κ2) is 9.38. The van der Waals surface area contributed by atoms with Crippen molar-refractivity contribution in [2.45, 2.75) is 26.2 Å². The highest BCUT2D eigenvalue weighted by atomic mass is 16.5. The third-order valence-electron chi connectivity index (χ3n) is 3.88. The molecule has 0 radical (unpaired) electrons. The monoisotopic (exact) mass is 377 g/mol. The third-order valence-corrected chi connectivity index (χ3v) is 3.88. The van der Waals surface area contributed by atoms with E-state index in [1.807, 2.05) is 24.3 Å². The second-order valence-electron chi connectivity index (χ2n) is 7.15. The first-order valence-corrected chi connectivity index (χ1v) is 8.79. The van der Waals surface area contributed by atoms with Gasteiger partial charge in [-0.2, -0.15) is 5.26 Å². The molecule has 0 aliphatic rings. The van der Waals surface area contributed by atoms with Gasteiger partial charge in [-0.15, -0.1) is 0 Å². The van der Waals surface area contributed by atoms with Gasteiger partial charge in [0, 0.05) is 0 Å². The Kier molecular flexibility index (Phi) is 6.94. The maximum absolute atomic E-state index is 12.0. The molecule has 0 saturated carbocycles. The van der Waals surface area contributed by atoms with Gasteiger partial charge < -0.3 is 4.74 Å². The van der Waals surface area contributed by atoms with Crippen LogP contribution in [-0.2, 0) is 15.0 Å². The fraction of sp³-hybridized carbons (Fsp3) is 0.227. The predicted octanol–water partition coefficient (Wildman–Crippen LogP) is 3.12. The molecular weight excluding hydrogens is 354 g/mol. The van der Waals surface area contributed by atoms with E-state index in [9.17, 15) is 9.59 Å². The first-order chi connectivity index (χ1) is 13.3. The van der Waals surface area contributed by atoms with Gasteiger partial charge in [0.15, 0.2) is 6.61 Å². The minimum atomic E-state index is -0.700. The zero-order valence-electron chi connectivity index (χ0n) is 16.2. The number of carbonyl (C=O) groups is 2. The van der Waals surface area contributed by atoms with E-state index >= 15 is 0 Å². The Morgan fingerprint density at radius 3 is 2.25 bits per heavy atom. The molecule has 2 N–H and O–H groups in total.